The van der Waals surface area contributed by atoms with Crippen molar-refractivity contribution in [3.63, 3.8) is 0 Å². The highest BCUT2D eigenvalue weighted by molar-refractivity contribution is 5.40. The topological polar surface area (TPSA) is 73.2 Å². The van der Waals surface area contributed by atoms with Gasteiger partial charge in [-0.25, -0.2) is 0 Å². The van der Waals surface area contributed by atoms with Crippen LogP contribution in [-0.4, -0.2) is 58.2 Å². The summed E-state index contributed by atoms with van der Waals surface area (Å²) in [5, 5.41) is 28.6. The predicted molar refractivity (Wildman–Crippen MR) is 87.7 cm³/mol. The zero-order valence-electron chi connectivity index (χ0n) is 13.5. The number of rotatable bonds is 5. The highest BCUT2D eigenvalue weighted by Crippen LogP contribution is 2.29. The smallest absolute Gasteiger partial charge is 0.157 e. The van der Waals surface area contributed by atoms with E-state index in [1.807, 2.05) is 6.07 Å². The molecule has 1 aliphatic heterocycles. The summed E-state index contributed by atoms with van der Waals surface area (Å²) in [6.07, 6.45) is 6.32. The highest BCUT2D eigenvalue weighted by Gasteiger charge is 2.34. The summed E-state index contributed by atoms with van der Waals surface area (Å²) in [7, 11) is 0. The van der Waals surface area contributed by atoms with Crippen LogP contribution in [0.15, 0.2) is 18.2 Å². The van der Waals surface area contributed by atoms with Gasteiger partial charge in [-0.2, -0.15) is 0 Å². The van der Waals surface area contributed by atoms with E-state index < -0.39 is 0 Å². The van der Waals surface area contributed by atoms with Crippen LogP contribution in [0.4, 0.5) is 0 Å². The summed E-state index contributed by atoms with van der Waals surface area (Å²) in [4.78, 5) is 2.39. The van der Waals surface area contributed by atoms with Crippen molar-refractivity contribution in [3.8, 4) is 11.5 Å². The first-order valence-corrected chi connectivity index (χ1v) is 8.68. The van der Waals surface area contributed by atoms with Crippen molar-refractivity contribution in [1.29, 1.82) is 0 Å². The predicted octanol–water partition coefficient (Wildman–Crippen LogP) is 2.03. The number of aromatic hydroxyl groups is 2. The van der Waals surface area contributed by atoms with Crippen LogP contribution in [0.3, 0.4) is 0 Å². The average Bonchev–Trinajstić information content (AvgIpc) is 2.98. The molecule has 23 heavy (non-hydrogen) atoms. The third-order valence-electron chi connectivity index (χ3n) is 5.09. The van der Waals surface area contributed by atoms with Gasteiger partial charge in [0, 0.05) is 19.1 Å². The van der Waals surface area contributed by atoms with E-state index >= 15 is 0 Å². The second-order valence-corrected chi connectivity index (χ2v) is 6.77. The van der Waals surface area contributed by atoms with E-state index in [9.17, 15) is 15.3 Å². The summed E-state index contributed by atoms with van der Waals surface area (Å²) >= 11 is 0. The quantitative estimate of drug-likeness (QED) is 0.724. The van der Waals surface area contributed by atoms with Crippen molar-refractivity contribution in [2.24, 2.45) is 0 Å². The molecule has 1 aromatic carbocycles. The molecule has 5 nitrogen and oxygen atoms in total. The van der Waals surface area contributed by atoms with E-state index in [-0.39, 0.29) is 23.7 Å². The first kappa shape index (κ1) is 16.6. The molecule has 1 heterocycles. The van der Waals surface area contributed by atoms with Crippen molar-refractivity contribution < 1.29 is 20.1 Å². The van der Waals surface area contributed by atoms with Gasteiger partial charge in [-0.05, 0) is 43.4 Å². The molecule has 1 aromatic rings. The highest BCUT2D eigenvalue weighted by atomic mass is 16.5. The first-order valence-electron chi connectivity index (χ1n) is 8.68. The number of phenolic OH excluding ortho intramolecular Hbond substituents is 2. The number of likely N-dealkylation sites (tertiary alicyclic amines) is 1. The summed E-state index contributed by atoms with van der Waals surface area (Å²) in [5.74, 6) is -0.168. The average molecular weight is 321 g/mol. The molecule has 5 heteroatoms. The molecule has 0 aromatic heterocycles. The minimum atomic E-state index is -0.183. The largest absolute Gasteiger partial charge is 0.504 e. The lowest BCUT2D eigenvalue weighted by molar-refractivity contribution is -0.0316. The van der Waals surface area contributed by atoms with Crippen LogP contribution in [-0.2, 0) is 11.2 Å². The molecular weight excluding hydrogens is 294 g/mol. The van der Waals surface area contributed by atoms with Crippen LogP contribution in [0.2, 0.25) is 0 Å². The summed E-state index contributed by atoms with van der Waals surface area (Å²) in [6.45, 7) is 2.36. The third kappa shape index (κ3) is 4.16. The van der Waals surface area contributed by atoms with E-state index in [0.717, 1.165) is 44.3 Å². The molecule has 1 aliphatic carbocycles. The molecule has 0 amide bonds. The molecule has 0 spiro atoms. The van der Waals surface area contributed by atoms with Gasteiger partial charge in [-0.1, -0.05) is 18.9 Å². The first-order chi connectivity index (χ1) is 11.1. The normalized spacial score (nSPS) is 29.0. The second-order valence-electron chi connectivity index (χ2n) is 6.77. The number of ether oxygens (including phenoxy) is 1. The van der Waals surface area contributed by atoms with Gasteiger partial charge in [0.05, 0.1) is 18.8 Å². The Hall–Kier alpha value is -1.30. The van der Waals surface area contributed by atoms with Gasteiger partial charge in [-0.15, -0.1) is 0 Å². The Morgan fingerprint density at radius 1 is 1.09 bits per heavy atom. The Kier molecular flexibility index (Phi) is 5.41. The third-order valence-corrected chi connectivity index (χ3v) is 5.09. The number of benzene rings is 1. The number of phenols is 2. The standard InChI is InChI=1S/C18H27NO4/c20-14-7-9-19(12-14)15-3-1-2-4-18(15)23-10-8-13-5-6-16(21)17(22)11-13/h5-6,11,14-15,18,20-22H,1-4,7-10,12H2/t14-,15-,18-/m1/s1. The van der Waals surface area contributed by atoms with Gasteiger partial charge >= 0.3 is 0 Å². The van der Waals surface area contributed by atoms with Crippen molar-refractivity contribution in [2.45, 2.75) is 56.8 Å². The Morgan fingerprint density at radius 2 is 1.91 bits per heavy atom. The number of β-amino-alcohol motifs (C(OH)–C–C–N with tert-alkyl or cyclic N) is 1. The fourth-order valence-electron chi connectivity index (χ4n) is 3.81. The number of aliphatic hydroxyl groups is 1. The van der Waals surface area contributed by atoms with Crippen LogP contribution < -0.4 is 0 Å². The Balaban J connectivity index is 1.52. The van der Waals surface area contributed by atoms with E-state index in [1.165, 1.54) is 18.9 Å². The van der Waals surface area contributed by atoms with Gasteiger partial charge < -0.3 is 20.1 Å². The Labute approximate surface area is 137 Å². The minimum Gasteiger partial charge on any atom is -0.504 e. The fourth-order valence-corrected chi connectivity index (χ4v) is 3.81. The monoisotopic (exact) mass is 321 g/mol. The molecule has 3 atom stereocenters. The molecular formula is C18H27NO4. The fraction of sp³-hybridized carbons (Fsp3) is 0.667. The number of nitrogens with zero attached hydrogens (tertiary/aromatic N) is 1. The van der Waals surface area contributed by atoms with Crippen LogP contribution in [0, 0.1) is 0 Å². The Morgan fingerprint density at radius 3 is 2.65 bits per heavy atom. The van der Waals surface area contributed by atoms with Crippen LogP contribution in [0.5, 0.6) is 11.5 Å². The van der Waals surface area contributed by atoms with E-state index in [0.29, 0.717) is 12.6 Å². The molecule has 3 rings (SSSR count). The molecule has 1 saturated heterocycles. The number of hydrogen-bond donors (Lipinski definition) is 3. The maximum absolute atomic E-state index is 9.76. The molecule has 0 radical (unpaired) electrons. The van der Waals surface area contributed by atoms with Crippen molar-refractivity contribution in [1.82, 2.24) is 4.90 Å². The van der Waals surface area contributed by atoms with E-state index in [4.69, 9.17) is 4.74 Å². The lowest BCUT2D eigenvalue weighted by Crippen LogP contribution is -2.46. The second kappa shape index (κ2) is 7.51. The summed E-state index contributed by atoms with van der Waals surface area (Å²) in [6, 6.07) is 5.34. The van der Waals surface area contributed by atoms with Gasteiger partial charge in [0.1, 0.15) is 0 Å². The van der Waals surface area contributed by atoms with E-state index in [2.05, 4.69) is 4.90 Å². The lowest BCUT2D eigenvalue weighted by atomic mass is 9.91. The zero-order valence-corrected chi connectivity index (χ0v) is 13.5. The maximum atomic E-state index is 9.76. The van der Waals surface area contributed by atoms with E-state index in [1.54, 1.807) is 6.07 Å². The van der Waals surface area contributed by atoms with Gasteiger partial charge in [0.15, 0.2) is 11.5 Å². The molecule has 0 bridgehead atoms. The summed E-state index contributed by atoms with van der Waals surface area (Å²) in [5.41, 5.74) is 0.962. The molecule has 128 valence electrons. The van der Waals surface area contributed by atoms with Crippen molar-refractivity contribution >= 4 is 0 Å². The van der Waals surface area contributed by atoms with Crippen LogP contribution in [0.25, 0.3) is 0 Å². The van der Waals surface area contributed by atoms with Crippen molar-refractivity contribution in [2.75, 3.05) is 19.7 Å². The number of aliphatic hydroxyl groups excluding tert-OH is 1. The molecule has 2 aliphatic rings. The molecule has 3 N–H and O–H groups in total. The van der Waals surface area contributed by atoms with Crippen LogP contribution in [0.1, 0.15) is 37.7 Å². The van der Waals surface area contributed by atoms with Gasteiger partial charge in [0.25, 0.3) is 0 Å². The summed E-state index contributed by atoms with van der Waals surface area (Å²) < 4.78 is 6.15. The van der Waals surface area contributed by atoms with Crippen LogP contribution >= 0.6 is 0 Å². The lowest BCUT2D eigenvalue weighted by Gasteiger charge is -2.37. The SMILES string of the molecule is Oc1ccc(CCO[C@@H]2CCCC[C@H]2N2CC[C@@H](O)C2)cc1O. The molecule has 0 unspecified atom stereocenters. The number of hydrogen-bond acceptors (Lipinski definition) is 5. The minimum absolute atomic E-state index is 0.0795. The zero-order chi connectivity index (χ0) is 16.2. The van der Waals surface area contributed by atoms with Crippen molar-refractivity contribution in [3.05, 3.63) is 23.8 Å². The maximum Gasteiger partial charge on any atom is 0.157 e. The van der Waals surface area contributed by atoms with Gasteiger partial charge in [-0.3, -0.25) is 4.90 Å². The Bertz CT molecular complexity index is 522. The van der Waals surface area contributed by atoms with Gasteiger partial charge in [0.2, 0.25) is 0 Å². The molecule has 2 fully saturated rings. The molecule has 1 saturated carbocycles.